The molecule has 5 fully saturated rings. The van der Waals surface area contributed by atoms with Crippen LogP contribution in [0.4, 0.5) is 0 Å². The molecule has 4 saturated carbocycles. The highest BCUT2D eigenvalue weighted by Gasteiger charge is 2.61. The van der Waals surface area contributed by atoms with Crippen molar-refractivity contribution in [1.82, 2.24) is 0 Å². The van der Waals surface area contributed by atoms with E-state index in [0.717, 1.165) is 42.1 Å². The summed E-state index contributed by atoms with van der Waals surface area (Å²) in [4.78, 5) is 0. The average Bonchev–Trinajstić information content (AvgIpc) is 2.78. The molecular formula is C16H22O. The monoisotopic (exact) mass is 230 g/mol. The van der Waals surface area contributed by atoms with Gasteiger partial charge in [0.2, 0.25) is 0 Å². The zero-order chi connectivity index (χ0) is 11.0. The third-order valence-electron chi connectivity index (χ3n) is 6.83. The number of hydrogen-bond donors (Lipinski definition) is 0. The highest BCUT2D eigenvalue weighted by Crippen LogP contribution is 2.69. The third-order valence-corrected chi connectivity index (χ3v) is 6.83. The molecule has 0 radical (unpaired) electrons. The normalized spacial score (nSPS) is 59.8. The molecule has 4 aliphatic carbocycles. The Balaban J connectivity index is 1.38. The molecule has 4 bridgehead atoms. The van der Waals surface area contributed by atoms with Crippen LogP contribution in [0.1, 0.15) is 38.5 Å². The van der Waals surface area contributed by atoms with Gasteiger partial charge < -0.3 is 4.74 Å². The summed E-state index contributed by atoms with van der Waals surface area (Å²) >= 11 is 0. The van der Waals surface area contributed by atoms with Crippen LogP contribution in [0.2, 0.25) is 0 Å². The van der Waals surface area contributed by atoms with Gasteiger partial charge in [-0.2, -0.15) is 0 Å². The Hall–Kier alpha value is -0.460. The summed E-state index contributed by atoms with van der Waals surface area (Å²) in [6.07, 6.45) is 11.6. The van der Waals surface area contributed by atoms with E-state index in [1.165, 1.54) is 18.1 Å². The topological polar surface area (TPSA) is 12.5 Å². The molecular weight excluding hydrogens is 208 g/mol. The zero-order valence-corrected chi connectivity index (χ0v) is 10.5. The fourth-order valence-electron chi connectivity index (χ4n) is 6.42. The molecule has 0 N–H and O–H groups in total. The molecule has 0 aromatic carbocycles. The number of ether oxygens (including phenoxy) is 1. The van der Waals surface area contributed by atoms with Crippen LogP contribution in [-0.4, -0.2) is 6.61 Å². The molecule has 7 atom stereocenters. The van der Waals surface area contributed by atoms with E-state index in [9.17, 15) is 0 Å². The van der Waals surface area contributed by atoms with E-state index in [-0.39, 0.29) is 0 Å². The van der Waals surface area contributed by atoms with Crippen LogP contribution in [0.15, 0.2) is 11.8 Å². The van der Waals surface area contributed by atoms with Gasteiger partial charge in [-0.3, -0.25) is 0 Å². The number of hydrogen-bond acceptors (Lipinski definition) is 1. The average molecular weight is 230 g/mol. The second-order valence-corrected chi connectivity index (χ2v) is 7.34. The predicted octanol–water partition coefficient (Wildman–Crippen LogP) is 3.61. The van der Waals surface area contributed by atoms with Gasteiger partial charge in [0.25, 0.3) is 0 Å². The van der Waals surface area contributed by atoms with Gasteiger partial charge in [0.15, 0.2) is 0 Å². The van der Waals surface area contributed by atoms with Crippen molar-refractivity contribution in [2.24, 2.45) is 41.4 Å². The molecule has 1 aliphatic heterocycles. The first-order chi connectivity index (χ1) is 8.40. The molecule has 17 heavy (non-hydrogen) atoms. The van der Waals surface area contributed by atoms with Crippen molar-refractivity contribution in [3.05, 3.63) is 11.8 Å². The summed E-state index contributed by atoms with van der Waals surface area (Å²) in [6.45, 7) is 0.928. The summed E-state index contributed by atoms with van der Waals surface area (Å²) in [5, 5.41) is 0. The second-order valence-electron chi connectivity index (χ2n) is 7.34. The molecule has 1 nitrogen and oxygen atoms in total. The van der Waals surface area contributed by atoms with Crippen molar-refractivity contribution in [3.63, 3.8) is 0 Å². The summed E-state index contributed by atoms with van der Waals surface area (Å²) in [6, 6.07) is 0. The molecule has 0 aromatic rings. The van der Waals surface area contributed by atoms with Gasteiger partial charge in [0.05, 0.1) is 0 Å². The molecule has 5 aliphatic rings. The third kappa shape index (κ3) is 1.21. The largest absolute Gasteiger partial charge is 0.487 e. The van der Waals surface area contributed by atoms with Gasteiger partial charge in [-0.1, -0.05) is 0 Å². The number of epoxide rings is 1. The summed E-state index contributed by atoms with van der Waals surface area (Å²) < 4.78 is 5.25. The first-order valence-electron chi connectivity index (χ1n) is 7.72. The molecule has 1 saturated heterocycles. The van der Waals surface area contributed by atoms with Gasteiger partial charge >= 0.3 is 0 Å². The van der Waals surface area contributed by atoms with Crippen LogP contribution in [0.3, 0.4) is 0 Å². The number of rotatable bonds is 2. The highest BCUT2D eigenvalue weighted by molar-refractivity contribution is 5.13. The van der Waals surface area contributed by atoms with Gasteiger partial charge in [0.1, 0.15) is 12.4 Å². The van der Waals surface area contributed by atoms with Gasteiger partial charge in [-0.05, 0) is 86.0 Å². The smallest absolute Gasteiger partial charge is 0.145 e. The van der Waals surface area contributed by atoms with Gasteiger partial charge in [-0.15, -0.1) is 0 Å². The SMILES string of the molecule is C(/CC1CC2CC1C1C3CCC(C3)C21)=C1/CO1. The van der Waals surface area contributed by atoms with E-state index in [4.69, 9.17) is 4.74 Å². The Morgan fingerprint density at radius 2 is 1.82 bits per heavy atom. The minimum absolute atomic E-state index is 0.928. The molecule has 1 heteroatoms. The van der Waals surface area contributed by atoms with Crippen LogP contribution in [0.5, 0.6) is 0 Å². The Morgan fingerprint density at radius 3 is 2.65 bits per heavy atom. The van der Waals surface area contributed by atoms with Crippen molar-refractivity contribution in [2.75, 3.05) is 6.61 Å². The van der Waals surface area contributed by atoms with Crippen LogP contribution in [0, 0.1) is 41.4 Å². The maximum atomic E-state index is 5.25. The van der Waals surface area contributed by atoms with Gasteiger partial charge in [-0.25, -0.2) is 0 Å². The zero-order valence-electron chi connectivity index (χ0n) is 10.5. The first-order valence-corrected chi connectivity index (χ1v) is 7.72. The number of allylic oxidation sites excluding steroid dienone is 1. The van der Waals surface area contributed by atoms with Crippen LogP contribution in [0.25, 0.3) is 0 Å². The second kappa shape index (κ2) is 3.10. The fourth-order valence-corrected chi connectivity index (χ4v) is 6.42. The molecule has 0 aromatic heterocycles. The summed E-state index contributed by atoms with van der Waals surface area (Å²) in [5.74, 6) is 9.18. The lowest BCUT2D eigenvalue weighted by molar-refractivity contribution is 0.106. The maximum Gasteiger partial charge on any atom is 0.145 e. The van der Waals surface area contributed by atoms with Crippen LogP contribution < -0.4 is 0 Å². The Labute approximate surface area is 104 Å². The van der Waals surface area contributed by atoms with Crippen LogP contribution >= 0.6 is 0 Å². The Bertz CT molecular complexity index is 379. The number of fused-ring (bicyclic) bond motifs is 9. The van der Waals surface area contributed by atoms with Crippen molar-refractivity contribution in [2.45, 2.75) is 38.5 Å². The van der Waals surface area contributed by atoms with E-state index in [0.29, 0.717) is 0 Å². The van der Waals surface area contributed by atoms with Crippen molar-refractivity contribution < 1.29 is 4.74 Å². The van der Waals surface area contributed by atoms with E-state index in [1.807, 2.05) is 0 Å². The first kappa shape index (κ1) is 9.47. The van der Waals surface area contributed by atoms with Crippen molar-refractivity contribution in [1.29, 1.82) is 0 Å². The van der Waals surface area contributed by atoms with E-state index < -0.39 is 0 Å². The lowest BCUT2D eigenvalue weighted by Gasteiger charge is -2.38. The maximum absolute atomic E-state index is 5.25. The molecule has 0 spiro atoms. The van der Waals surface area contributed by atoms with E-state index in [1.54, 1.807) is 32.1 Å². The molecule has 7 unspecified atom stereocenters. The van der Waals surface area contributed by atoms with Crippen molar-refractivity contribution in [3.8, 4) is 0 Å². The lowest BCUT2D eigenvalue weighted by Crippen LogP contribution is -2.32. The Morgan fingerprint density at radius 1 is 1.00 bits per heavy atom. The van der Waals surface area contributed by atoms with E-state index >= 15 is 0 Å². The quantitative estimate of drug-likeness (QED) is 0.521. The highest BCUT2D eigenvalue weighted by atomic mass is 16.6. The molecule has 0 amide bonds. The molecule has 1 heterocycles. The Kier molecular flexibility index (Phi) is 1.73. The minimum Gasteiger partial charge on any atom is -0.487 e. The van der Waals surface area contributed by atoms with Gasteiger partial charge in [0, 0.05) is 0 Å². The minimum atomic E-state index is 0.928. The van der Waals surface area contributed by atoms with Crippen LogP contribution in [-0.2, 0) is 4.74 Å². The fraction of sp³-hybridized carbons (Fsp3) is 0.875. The summed E-state index contributed by atoms with van der Waals surface area (Å²) in [5.41, 5.74) is 0. The lowest BCUT2D eigenvalue weighted by atomic mass is 9.67. The summed E-state index contributed by atoms with van der Waals surface area (Å²) in [7, 11) is 0. The molecule has 5 rings (SSSR count). The predicted molar refractivity (Wildman–Crippen MR) is 66.2 cm³/mol. The van der Waals surface area contributed by atoms with Crippen molar-refractivity contribution >= 4 is 0 Å². The van der Waals surface area contributed by atoms with E-state index in [2.05, 4.69) is 6.08 Å². The standard InChI is InChI=1S/C16H22O/c1-2-11-6-10(1)15-12-5-9(3-4-13-8-17-13)14(7-12)16(11)15/h4,9-12,14-16H,1-3,5-8H2/b13-4+. The molecule has 92 valence electrons.